The molecule has 3 aromatic heterocycles. The lowest BCUT2D eigenvalue weighted by atomic mass is 9.99. The molecular formula is C23H19N3O3. The van der Waals surface area contributed by atoms with Crippen molar-refractivity contribution in [2.45, 2.75) is 12.6 Å². The number of pyridine rings is 2. The number of nitrogens with zero attached hydrogens (tertiary/aromatic N) is 2. The van der Waals surface area contributed by atoms with Crippen LogP contribution in [0.15, 0.2) is 101 Å². The van der Waals surface area contributed by atoms with Gasteiger partial charge in [0.1, 0.15) is 5.76 Å². The number of hydrogen-bond acceptors (Lipinski definition) is 4. The molecular weight excluding hydrogens is 366 g/mol. The summed E-state index contributed by atoms with van der Waals surface area (Å²) in [5.41, 5.74) is 1.74. The number of aromatic nitrogens is 2. The summed E-state index contributed by atoms with van der Waals surface area (Å²) in [6.45, 7) is 0.263. The van der Waals surface area contributed by atoms with Crippen LogP contribution in [0.5, 0.6) is 0 Å². The van der Waals surface area contributed by atoms with Gasteiger partial charge in [0.05, 0.1) is 12.6 Å². The van der Waals surface area contributed by atoms with E-state index in [-0.39, 0.29) is 29.8 Å². The Morgan fingerprint density at radius 1 is 0.931 bits per heavy atom. The van der Waals surface area contributed by atoms with E-state index in [0.717, 1.165) is 11.1 Å². The SMILES string of the molecule is O=C(NC(c1ccccc1)c1ccncc1)c1ccc(Cn2ccccc2=O)o1. The molecule has 144 valence electrons. The van der Waals surface area contributed by atoms with Gasteiger partial charge in [-0.1, -0.05) is 36.4 Å². The molecule has 0 radical (unpaired) electrons. The van der Waals surface area contributed by atoms with E-state index in [1.807, 2.05) is 42.5 Å². The average Bonchev–Trinajstić information content (AvgIpc) is 3.23. The van der Waals surface area contributed by atoms with Crippen LogP contribution in [-0.2, 0) is 6.54 Å². The first-order valence-electron chi connectivity index (χ1n) is 9.20. The summed E-state index contributed by atoms with van der Waals surface area (Å²) in [7, 11) is 0. The predicted octanol–water partition coefficient (Wildman–Crippen LogP) is 3.40. The first-order valence-corrected chi connectivity index (χ1v) is 9.20. The standard InChI is InChI=1S/C23H19N3O3/c27-21-8-4-5-15-26(21)16-19-9-10-20(29-19)23(28)25-22(17-6-2-1-3-7-17)18-11-13-24-14-12-18/h1-15,22H,16H2,(H,25,28). The lowest BCUT2D eigenvalue weighted by Gasteiger charge is -2.19. The third kappa shape index (κ3) is 4.32. The molecule has 4 aromatic rings. The molecule has 3 heterocycles. The van der Waals surface area contributed by atoms with Crippen LogP contribution in [-0.4, -0.2) is 15.5 Å². The monoisotopic (exact) mass is 385 g/mol. The zero-order valence-corrected chi connectivity index (χ0v) is 15.6. The minimum Gasteiger partial charge on any atom is -0.454 e. The van der Waals surface area contributed by atoms with E-state index in [4.69, 9.17) is 4.42 Å². The second-order valence-corrected chi connectivity index (χ2v) is 6.53. The Morgan fingerprint density at radius 3 is 2.41 bits per heavy atom. The number of carbonyl (C=O) groups is 1. The summed E-state index contributed by atoms with van der Waals surface area (Å²) in [5, 5.41) is 3.03. The van der Waals surface area contributed by atoms with Gasteiger partial charge >= 0.3 is 0 Å². The van der Waals surface area contributed by atoms with Crippen LogP contribution in [0.25, 0.3) is 0 Å². The van der Waals surface area contributed by atoms with Crippen molar-refractivity contribution in [2.75, 3.05) is 0 Å². The maximum Gasteiger partial charge on any atom is 0.287 e. The van der Waals surface area contributed by atoms with Crippen molar-refractivity contribution in [3.8, 4) is 0 Å². The van der Waals surface area contributed by atoms with Gasteiger partial charge in [-0.15, -0.1) is 0 Å². The van der Waals surface area contributed by atoms with Crippen LogP contribution in [0.1, 0.15) is 33.5 Å². The molecule has 0 aliphatic rings. The summed E-state index contributed by atoms with van der Waals surface area (Å²) >= 11 is 0. The van der Waals surface area contributed by atoms with E-state index in [2.05, 4.69) is 10.3 Å². The highest BCUT2D eigenvalue weighted by Crippen LogP contribution is 2.22. The zero-order chi connectivity index (χ0) is 20.1. The van der Waals surface area contributed by atoms with Crippen molar-refractivity contribution in [1.82, 2.24) is 14.9 Å². The maximum absolute atomic E-state index is 12.8. The van der Waals surface area contributed by atoms with Gasteiger partial charge in [-0.05, 0) is 41.5 Å². The summed E-state index contributed by atoms with van der Waals surface area (Å²) in [6, 6.07) is 21.4. The second kappa shape index (κ2) is 8.39. The fourth-order valence-corrected chi connectivity index (χ4v) is 3.11. The molecule has 0 saturated carbocycles. The van der Waals surface area contributed by atoms with Gasteiger partial charge in [0.2, 0.25) is 0 Å². The van der Waals surface area contributed by atoms with E-state index >= 15 is 0 Å². The molecule has 0 spiro atoms. The molecule has 0 fully saturated rings. The fraction of sp³-hybridized carbons (Fsp3) is 0.0870. The van der Waals surface area contributed by atoms with Crippen LogP contribution in [0.3, 0.4) is 0 Å². The largest absolute Gasteiger partial charge is 0.454 e. The molecule has 1 amide bonds. The molecule has 6 heteroatoms. The Labute approximate surface area is 167 Å². The minimum absolute atomic E-state index is 0.128. The number of benzene rings is 1. The third-order valence-electron chi connectivity index (χ3n) is 4.56. The average molecular weight is 385 g/mol. The normalized spacial score (nSPS) is 11.7. The lowest BCUT2D eigenvalue weighted by Crippen LogP contribution is -2.29. The van der Waals surface area contributed by atoms with Gasteiger partial charge in [0, 0.05) is 24.7 Å². The van der Waals surface area contributed by atoms with E-state index in [0.29, 0.717) is 5.76 Å². The summed E-state index contributed by atoms with van der Waals surface area (Å²) < 4.78 is 7.21. The Morgan fingerprint density at radius 2 is 1.66 bits per heavy atom. The third-order valence-corrected chi connectivity index (χ3v) is 4.56. The van der Waals surface area contributed by atoms with E-state index in [1.54, 1.807) is 42.9 Å². The number of nitrogens with one attached hydrogen (secondary N) is 1. The van der Waals surface area contributed by atoms with E-state index in [1.165, 1.54) is 10.6 Å². The van der Waals surface area contributed by atoms with Gasteiger partial charge in [-0.25, -0.2) is 0 Å². The van der Waals surface area contributed by atoms with Crippen LogP contribution < -0.4 is 10.9 Å². The molecule has 0 aliphatic carbocycles. The summed E-state index contributed by atoms with van der Waals surface area (Å²) in [5.74, 6) is 0.393. The van der Waals surface area contributed by atoms with Crippen LogP contribution in [0.4, 0.5) is 0 Å². The highest BCUT2D eigenvalue weighted by atomic mass is 16.4. The number of carbonyl (C=O) groups excluding carboxylic acids is 1. The first kappa shape index (κ1) is 18.4. The molecule has 1 aromatic carbocycles. The van der Waals surface area contributed by atoms with E-state index in [9.17, 15) is 9.59 Å². The lowest BCUT2D eigenvalue weighted by molar-refractivity contribution is 0.0913. The molecule has 29 heavy (non-hydrogen) atoms. The first-order chi connectivity index (χ1) is 14.2. The number of rotatable bonds is 6. The predicted molar refractivity (Wildman–Crippen MR) is 109 cm³/mol. The van der Waals surface area contributed by atoms with Crippen LogP contribution in [0.2, 0.25) is 0 Å². The molecule has 1 unspecified atom stereocenters. The van der Waals surface area contributed by atoms with Gasteiger partial charge in [0.15, 0.2) is 5.76 Å². The van der Waals surface area contributed by atoms with Crippen molar-refractivity contribution in [3.63, 3.8) is 0 Å². The Bertz CT molecular complexity index is 1110. The van der Waals surface area contributed by atoms with Crippen molar-refractivity contribution < 1.29 is 9.21 Å². The minimum atomic E-state index is -0.336. The fourth-order valence-electron chi connectivity index (χ4n) is 3.11. The van der Waals surface area contributed by atoms with Gasteiger partial charge in [0.25, 0.3) is 11.5 Å². The molecule has 6 nitrogen and oxygen atoms in total. The quantitative estimate of drug-likeness (QED) is 0.552. The number of furan rings is 1. The molecule has 0 saturated heterocycles. The number of hydrogen-bond donors (Lipinski definition) is 1. The molecule has 1 atom stereocenters. The van der Waals surface area contributed by atoms with Crippen molar-refractivity contribution in [2.24, 2.45) is 0 Å². The molecule has 0 aliphatic heterocycles. The Hall–Kier alpha value is -3.93. The molecule has 4 rings (SSSR count). The Balaban J connectivity index is 1.55. The van der Waals surface area contributed by atoms with Crippen molar-refractivity contribution in [1.29, 1.82) is 0 Å². The van der Waals surface area contributed by atoms with Gasteiger partial charge in [-0.3, -0.25) is 14.6 Å². The van der Waals surface area contributed by atoms with Crippen molar-refractivity contribution >= 4 is 5.91 Å². The topological polar surface area (TPSA) is 77.1 Å². The summed E-state index contributed by atoms with van der Waals surface area (Å²) in [6.07, 6.45) is 5.07. The van der Waals surface area contributed by atoms with Crippen LogP contribution in [0, 0.1) is 0 Å². The smallest absolute Gasteiger partial charge is 0.287 e. The van der Waals surface area contributed by atoms with E-state index < -0.39 is 0 Å². The highest BCUT2D eigenvalue weighted by Gasteiger charge is 2.20. The maximum atomic E-state index is 12.8. The van der Waals surface area contributed by atoms with Gasteiger partial charge in [-0.2, -0.15) is 0 Å². The zero-order valence-electron chi connectivity index (χ0n) is 15.6. The number of amides is 1. The van der Waals surface area contributed by atoms with Gasteiger partial charge < -0.3 is 14.3 Å². The second-order valence-electron chi connectivity index (χ2n) is 6.53. The summed E-state index contributed by atoms with van der Waals surface area (Å²) in [4.78, 5) is 28.8. The Kier molecular flexibility index (Phi) is 5.33. The molecule has 1 N–H and O–H groups in total. The molecule has 0 bridgehead atoms. The van der Waals surface area contributed by atoms with Crippen molar-refractivity contribution in [3.05, 3.63) is 124 Å². The van der Waals surface area contributed by atoms with Crippen LogP contribution >= 0.6 is 0 Å². The highest BCUT2D eigenvalue weighted by molar-refractivity contribution is 5.92.